The average molecular weight is 226 g/mol. The Bertz CT molecular complexity index is 338. The van der Waals surface area contributed by atoms with Crippen LogP contribution in [0.15, 0.2) is 30.3 Å². The molecule has 3 nitrogen and oxygen atoms in total. The summed E-state index contributed by atoms with van der Waals surface area (Å²) in [6.45, 7) is 0.0275. The number of ketones is 1. The summed E-state index contributed by atoms with van der Waals surface area (Å²) in [7, 11) is 0. The van der Waals surface area contributed by atoms with E-state index in [0.29, 0.717) is 5.56 Å². The molecule has 1 aromatic carbocycles. The summed E-state index contributed by atoms with van der Waals surface area (Å²) >= 11 is 5.38. The fraction of sp³-hybridized carbons (Fsp3) is 0.273. The molecule has 0 atom stereocenters. The van der Waals surface area contributed by atoms with Crippen molar-refractivity contribution in [3.05, 3.63) is 35.9 Å². The average Bonchev–Trinajstić information content (AvgIpc) is 2.27. The fourth-order valence-electron chi connectivity index (χ4n) is 1.08. The number of Topliss-reactive ketones (excluding diaryl/α,β-unsaturated/α-hetero) is 1. The summed E-state index contributed by atoms with van der Waals surface area (Å²) in [5.74, 6) is -0.0291. The van der Waals surface area contributed by atoms with Crippen LogP contribution in [0, 0.1) is 0 Å². The van der Waals surface area contributed by atoms with E-state index in [0.717, 1.165) is 0 Å². The van der Waals surface area contributed by atoms with Crippen LogP contribution >= 0.6 is 11.6 Å². The number of amides is 1. The van der Waals surface area contributed by atoms with Gasteiger partial charge in [0, 0.05) is 17.9 Å². The van der Waals surface area contributed by atoms with Crippen molar-refractivity contribution >= 4 is 23.3 Å². The minimum absolute atomic E-state index is 0.0275. The van der Waals surface area contributed by atoms with Crippen LogP contribution in [-0.4, -0.2) is 24.1 Å². The summed E-state index contributed by atoms with van der Waals surface area (Å²) in [6, 6.07) is 8.84. The zero-order valence-corrected chi connectivity index (χ0v) is 8.96. The van der Waals surface area contributed by atoms with Crippen LogP contribution in [0.2, 0.25) is 0 Å². The summed E-state index contributed by atoms with van der Waals surface area (Å²) < 4.78 is 0. The number of rotatable bonds is 5. The molecule has 0 aromatic heterocycles. The van der Waals surface area contributed by atoms with Crippen LogP contribution in [0.3, 0.4) is 0 Å². The Labute approximate surface area is 93.4 Å². The highest BCUT2D eigenvalue weighted by molar-refractivity contribution is 6.19. The van der Waals surface area contributed by atoms with Gasteiger partial charge in [0.1, 0.15) is 0 Å². The topological polar surface area (TPSA) is 46.2 Å². The van der Waals surface area contributed by atoms with E-state index >= 15 is 0 Å². The first-order chi connectivity index (χ1) is 7.24. The van der Waals surface area contributed by atoms with Crippen LogP contribution in [0.5, 0.6) is 0 Å². The largest absolute Gasteiger partial charge is 0.349 e. The van der Waals surface area contributed by atoms with Gasteiger partial charge in [0.25, 0.3) is 0 Å². The van der Waals surface area contributed by atoms with Crippen LogP contribution in [0.4, 0.5) is 0 Å². The second kappa shape index (κ2) is 6.19. The number of hydrogen-bond acceptors (Lipinski definition) is 2. The van der Waals surface area contributed by atoms with Crippen molar-refractivity contribution in [1.82, 2.24) is 5.32 Å². The van der Waals surface area contributed by atoms with E-state index < -0.39 is 0 Å². The first-order valence-electron chi connectivity index (χ1n) is 4.65. The molecule has 80 valence electrons. The van der Waals surface area contributed by atoms with Gasteiger partial charge in [0.15, 0.2) is 5.78 Å². The summed E-state index contributed by atoms with van der Waals surface area (Å²) in [4.78, 5) is 22.5. The minimum Gasteiger partial charge on any atom is -0.349 e. The van der Waals surface area contributed by atoms with E-state index in [2.05, 4.69) is 5.32 Å². The molecule has 1 aromatic rings. The molecule has 0 spiro atoms. The lowest BCUT2D eigenvalue weighted by Gasteiger charge is -2.02. The third kappa shape index (κ3) is 4.13. The Morgan fingerprint density at radius 1 is 1.20 bits per heavy atom. The van der Waals surface area contributed by atoms with Crippen molar-refractivity contribution in [1.29, 1.82) is 0 Å². The lowest BCUT2D eigenvalue weighted by atomic mass is 10.1. The monoisotopic (exact) mass is 225 g/mol. The number of benzene rings is 1. The van der Waals surface area contributed by atoms with E-state index in [-0.39, 0.29) is 30.5 Å². The molecular weight excluding hydrogens is 214 g/mol. The number of alkyl halides is 1. The highest BCUT2D eigenvalue weighted by Gasteiger charge is 2.06. The SMILES string of the molecule is O=C(CCCl)NCC(=O)c1ccccc1. The smallest absolute Gasteiger partial charge is 0.221 e. The lowest BCUT2D eigenvalue weighted by molar-refractivity contribution is -0.120. The maximum absolute atomic E-state index is 11.5. The van der Waals surface area contributed by atoms with Gasteiger partial charge in [-0.15, -0.1) is 11.6 Å². The van der Waals surface area contributed by atoms with Gasteiger partial charge in [-0.05, 0) is 0 Å². The Hall–Kier alpha value is -1.35. The highest BCUT2D eigenvalue weighted by Crippen LogP contribution is 1.98. The number of hydrogen-bond donors (Lipinski definition) is 1. The quantitative estimate of drug-likeness (QED) is 0.611. The fourth-order valence-corrected chi connectivity index (χ4v) is 1.25. The van der Waals surface area contributed by atoms with Crippen LogP contribution in [0.1, 0.15) is 16.8 Å². The molecule has 0 bridgehead atoms. The van der Waals surface area contributed by atoms with Gasteiger partial charge in [-0.25, -0.2) is 0 Å². The number of carbonyl (C=O) groups excluding carboxylic acids is 2. The predicted octanol–water partition coefficient (Wildman–Crippen LogP) is 1.61. The number of halogens is 1. The molecule has 0 saturated heterocycles. The Morgan fingerprint density at radius 3 is 2.47 bits per heavy atom. The standard InChI is InChI=1S/C11H12ClNO2/c12-7-6-11(15)13-8-10(14)9-4-2-1-3-5-9/h1-5H,6-8H2,(H,13,15). The van der Waals surface area contributed by atoms with Crippen molar-refractivity contribution in [2.45, 2.75) is 6.42 Å². The zero-order valence-electron chi connectivity index (χ0n) is 8.20. The summed E-state index contributed by atoms with van der Waals surface area (Å²) in [6.07, 6.45) is 0.240. The molecule has 15 heavy (non-hydrogen) atoms. The van der Waals surface area contributed by atoms with Crippen LogP contribution in [0.25, 0.3) is 0 Å². The molecule has 1 amide bonds. The Kier molecular flexibility index (Phi) is 4.84. The second-order valence-electron chi connectivity index (χ2n) is 3.00. The van der Waals surface area contributed by atoms with Gasteiger partial charge in [-0.3, -0.25) is 9.59 Å². The van der Waals surface area contributed by atoms with E-state index in [4.69, 9.17) is 11.6 Å². The van der Waals surface area contributed by atoms with Crippen molar-refractivity contribution < 1.29 is 9.59 Å². The van der Waals surface area contributed by atoms with Crippen LogP contribution in [-0.2, 0) is 4.79 Å². The second-order valence-corrected chi connectivity index (χ2v) is 3.38. The first-order valence-corrected chi connectivity index (χ1v) is 5.18. The number of nitrogens with one attached hydrogen (secondary N) is 1. The third-order valence-electron chi connectivity index (χ3n) is 1.86. The van der Waals surface area contributed by atoms with Gasteiger partial charge in [-0.2, -0.15) is 0 Å². The Balaban J connectivity index is 2.40. The highest BCUT2D eigenvalue weighted by atomic mass is 35.5. The van der Waals surface area contributed by atoms with Crippen molar-refractivity contribution in [2.24, 2.45) is 0 Å². The molecule has 1 N–H and O–H groups in total. The summed E-state index contributed by atoms with van der Waals surface area (Å²) in [5, 5.41) is 2.51. The normalized spacial score (nSPS) is 9.67. The van der Waals surface area contributed by atoms with E-state index in [9.17, 15) is 9.59 Å². The maximum Gasteiger partial charge on any atom is 0.221 e. The molecule has 0 aliphatic carbocycles. The van der Waals surface area contributed by atoms with E-state index in [1.807, 2.05) is 6.07 Å². The van der Waals surface area contributed by atoms with Gasteiger partial charge >= 0.3 is 0 Å². The molecule has 0 fully saturated rings. The van der Waals surface area contributed by atoms with Gasteiger partial charge in [-0.1, -0.05) is 30.3 Å². The summed E-state index contributed by atoms with van der Waals surface area (Å²) in [5.41, 5.74) is 0.601. The molecule has 1 rings (SSSR count). The van der Waals surface area contributed by atoms with Gasteiger partial charge in [0.05, 0.1) is 6.54 Å². The molecule has 0 aliphatic heterocycles. The van der Waals surface area contributed by atoms with Gasteiger partial charge in [0.2, 0.25) is 5.91 Å². The van der Waals surface area contributed by atoms with E-state index in [1.54, 1.807) is 24.3 Å². The van der Waals surface area contributed by atoms with Crippen molar-refractivity contribution in [3.63, 3.8) is 0 Å². The number of carbonyl (C=O) groups is 2. The molecule has 0 aliphatic rings. The molecular formula is C11H12ClNO2. The molecule has 0 heterocycles. The minimum atomic E-state index is -0.200. The predicted molar refractivity (Wildman–Crippen MR) is 59.1 cm³/mol. The molecule has 0 unspecified atom stereocenters. The maximum atomic E-state index is 11.5. The Morgan fingerprint density at radius 2 is 1.87 bits per heavy atom. The van der Waals surface area contributed by atoms with E-state index in [1.165, 1.54) is 0 Å². The van der Waals surface area contributed by atoms with Crippen molar-refractivity contribution in [3.8, 4) is 0 Å². The molecule has 0 saturated carbocycles. The van der Waals surface area contributed by atoms with Gasteiger partial charge < -0.3 is 5.32 Å². The molecule has 0 radical (unpaired) electrons. The third-order valence-corrected chi connectivity index (χ3v) is 2.05. The van der Waals surface area contributed by atoms with Crippen molar-refractivity contribution in [2.75, 3.05) is 12.4 Å². The first kappa shape index (κ1) is 11.7. The zero-order chi connectivity index (χ0) is 11.1. The lowest BCUT2D eigenvalue weighted by Crippen LogP contribution is -2.29. The molecule has 4 heteroatoms. The van der Waals surface area contributed by atoms with Crippen LogP contribution < -0.4 is 5.32 Å².